The first-order valence-electron chi connectivity index (χ1n) is 7.29. The van der Waals surface area contributed by atoms with Gasteiger partial charge in [0, 0.05) is 17.3 Å². The molecule has 4 heteroatoms. The van der Waals surface area contributed by atoms with Gasteiger partial charge >= 0.3 is 0 Å². The summed E-state index contributed by atoms with van der Waals surface area (Å²) >= 11 is 0. The molecule has 22 heavy (non-hydrogen) atoms. The molecule has 0 aliphatic heterocycles. The van der Waals surface area contributed by atoms with Gasteiger partial charge in [0.2, 0.25) is 11.8 Å². The molecule has 2 rings (SSSR count). The highest BCUT2D eigenvalue weighted by Crippen LogP contribution is 2.15. The van der Waals surface area contributed by atoms with Crippen molar-refractivity contribution >= 4 is 23.2 Å². The monoisotopic (exact) mass is 296 g/mol. The highest BCUT2D eigenvalue weighted by atomic mass is 16.2. The van der Waals surface area contributed by atoms with Crippen molar-refractivity contribution < 1.29 is 9.59 Å². The second-order valence-corrected chi connectivity index (χ2v) is 5.43. The molecule has 0 unspecified atom stereocenters. The number of nitrogens with one attached hydrogen (secondary N) is 2. The Kier molecular flexibility index (Phi) is 5.31. The SMILES string of the molecule is CC(C)C(=O)Nc1ccc(NC(=O)Cc2ccccc2)cc1. The van der Waals surface area contributed by atoms with Crippen molar-refractivity contribution in [2.45, 2.75) is 20.3 Å². The van der Waals surface area contributed by atoms with Gasteiger partial charge in [0.15, 0.2) is 0 Å². The number of anilines is 2. The van der Waals surface area contributed by atoms with E-state index in [1.807, 2.05) is 44.2 Å². The molecular weight excluding hydrogens is 276 g/mol. The Hall–Kier alpha value is -2.62. The van der Waals surface area contributed by atoms with Crippen LogP contribution in [0.5, 0.6) is 0 Å². The highest BCUT2D eigenvalue weighted by molar-refractivity contribution is 5.94. The predicted octanol–water partition coefficient (Wildman–Crippen LogP) is 3.46. The molecule has 0 spiro atoms. The molecular formula is C18H20N2O2. The molecule has 2 amide bonds. The zero-order chi connectivity index (χ0) is 15.9. The largest absolute Gasteiger partial charge is 0.326 e. The lowest BCUT2D eigenvalue weighted by Gasteiger charge is -2.09. The molecule has 0 aliphatic carbocycles. The highest BCUT2D eigenvalue weighted by Gasteiger charge is 2.07. The van der Waals surface area contributed by atoms with Gasteiger partial charge in [0.25, 0.3) is 0 Å². The molecule has 0 atom stereocenters. The number of benzene rings is 2. The number of hydrogen-bond donors (Lipinski definition) is 2. The van der Waals surface area contributed by atoms with Crippen molar-refractivity contribution in [1.82, 2.24) is 0 Å². The third-order valence-corrected chi connectivity index (χ3v) is 3.17. The molecule has 2 N–H and O–H groups in total. The van der Waals surface area contributed by atoms with Crippen molar-refractivity contribution in [2.24, 2.45) is 5.92 Å². The topological polar surface area (TPSA) is 58.2 Å². The van der Waals surface area contributed by atoms with Crippen LogP contribution in [0, 0.1) is 5.92 Å². The number of rotatable bonds is 5. The van der Waals surface area contributed by atoms with Crippen LogP contribution in [-0.2, 0) is 16.0 Å². The Labute approximate surface area is 130 Å². The predicted molar refractivity (Wildman–Crippen MR) is 88.7 cm³/mol. The summed E-state index contributed by atoms with van der Waals surface area (Å²) in [5.74, 6) is -0.156. The maximum Gasteiger partial charge on any atom is 0.228 e. The standard InChI is InChI=1S/C18H20N2O2/c1-13(2)18(22)20-16-10-8-15(9-11-16)19-17(21)12-14-6-4-3-5-7-14/h3-11,13H,12H2,1-2H3,(H,19,21)(H,20,22). The fraction of sp³-hybridized carbons (Fsp3) is 0.222. The van der Waals surface area contributed by atoms with Crippen LogP contribution in [0.2, 0.25) is 0 Å². The van der Waals surface area contributed by atoms with E-state index in [0.29, 0.717) is 12.1 Å². The Morgan fingerprint density at radius 3 is 1.95 bits per heavy atom. The van der Waals surface area contributed by atoms with E-state index in [9.17, 15) is 9.59 Å². The molecule has 2 aromatic carbocycles. The maximum atomic E-state index is 12.0. The van der Waals surface area contributed by atoms with Crippen LogP contribution < -0.4 is 10.6 Å². The van der Waals surface area contributed by atoms with E-state index in [1.165, 1.54) is 0 Å². The summed E-state index contributed by atoms with van der Waals surface area (Å²) in [6.45, 7) is 3.68. The number of carbonyl (C=O) groups is 2. The second-order valence-electron chi connectivity index (χ2n) is 5.43. The summed E-state index contributed by atoms with van der Waals surface area (Å²) in [7, 11) is 0. The van der Waals surface area contributed by atoms with Crippen LogP contribution in [0.3, 0.4) is 0 Å². The third kappa shape index (κ3) is 4.74. The lowest BCUT2D eigenvalue weighted by molar-refractivity contribution is -0.119. The first kappa shape index (κ1) is 15.8. The van der Waals surface area contributed by atoms with E-state index in [1.54, 1.807) is 24.3 Å². The third-order valence-electron chi connectivity index (χ3n) is 3.17. The van der Waals surface area contributed by atoms with Crippen molar-refractivity contribution in [3.8, 4) is 0 Å². The average Bonchev–Trinajstić information content (AvgIpc) is 2.50. The van der Waals surface area contributed by atoms with E-state index < -0.39 is 0 Å². The van der Waals surface area contributed by atoms with E-state index in [-0.39, 0.29) is 17.7 Å². The molecule has 0 fully saturated rings. The molecule has 114 valence electrons. The Morgan fingerprint density at radius 1 is 0.864 bits per heavy atom. The van der Waals surface area contributed by atoms with Gasteiger partial charge in [-0.25, -0.2) is 0 Å². The maximum absolute atomic E-state index is 12.0. The van der Waals surface area contributed by atoms with Crippen LogP contribution in [0.25, 0.3) is 0 Å². The van der Waals surface area contributed by atoms with Crippen molar-refractivity contribution in [3.63, 3.8) is 0 Å². The second kappa shape index (κ2) is 7.41. The first-order chi connectivity index (χ1) is 10.5. The van der Waals surface area contributed by atoms with Gasteiger partial charge in [0.1, 0.15) is 0 Å². The molecule has 0 bridgehead atoms. The van der Waals surface area contributed by atoms with Crippen molar-refractivity contribution in [2.75, 3.05) is 10.6 Å². The molecule has 0 radical (unpaired) electrons. The summed E-state index contributed by atoms with van der Waals surface area (Å²) in [6.07, 6.45) is 0.340. The summed E-state index contributed by atoms with van der Waals surface area (Å²) < 4.78 is 0. The van der Waals surface area contributed by atoms with Crippen molar-refractivity contribution in [1.29, 1.82) is 0 Å². The van der Waals surface area contributed by atoms with Crippen molar-refractivity contribution in [3.05, 3.63) is 60.2 Å². The van der Waals surface area contributed by atoms with Gasteiger partial charge in [0.05, 0.1) is 6.42 Å². The van der Waals surface area contributed by atoms with Crippen LogP contribution in [-0.4, -0.2) is 11.8 Å². The number of amides is 2. The minimum absolute atomic E-state index is 0.0270. The smallest absolute Gasteiger partial charge is 0.228 e. The van der Waals surface area contributed by atoms with Gasteiger partial charge in [-0.2, -0.15) is 0 Å². The lowest BCUT2D eigenvalue weighted by Crippen LogP contribution is -2.18. The molecule has 2 aromatic rings. The fourth-order valence-electron chi connectivity index (χ4n) is 1.91. The summed E-state index contributed by atoms with van der Waals surface area (Å²) in [4.78, 5) is 23.6. The zero-order valence-corrected chi connectivity index (χ0v) is 12.8. The molecule has 0 saturated carbocycles. The molecule has 4 nitrogen and oxygen atoms in total. The summed E-state index contributed by atoms with van der Waals surface area (Å²) in [5.41, 5.74) is 2.41. The molecule has 0 aromatic heterocycles. The van der Waals surface area contributed by atoms with Gasteiger partial charge in [-0.3, -0.25) is 9.59 Å². The summed E-state index contributed by atoms with van der Waals surface area (Å²) in [6, 6.07) is 16.7. The normalized spacial score (nSPS) is 10.3. The minimum atomic E-state index is -0.0647. The van der Waals surface area contributed by atoms with E-state index in [2.05, 4.69) is 10.6 Å². The van der Waals surface area contributed by atoms with Crippen LogP contribution in [0.15, 0.2) is 54.6 Å². The van der Waals surface area contributed by atoms with Gasteiger partial charge in [-0.15, -0.1) is 0 Å². The summed E-state index contributed by atoms with van der Waals surface area (Å²) in [5, 5.41) is 5.65. The average molecular weight is 296 g/mol. The fourth-order valence-corrected chi connectivity index (χ4v) is 1.91. The number of carbonyl (C=O) groups excluding carboxylic acids is 2. The molecule has 0 saturated heterocycles. The van der Waals surface area contributed by atoms with Gasteiger partial charge < -0.3 is 10.6 Å². The van der Waals surface area contributed by atoms with E-state index >= 15 is 0 Å². The Balaban J connectivity index is 1.91. The van der Waals surface area contributed by atoms with Crippen LogP contribution in [0.4, 0.5) is 11.4 Å². The van der Waals surface area contributed by atoms with Crippen LogP contribution in [0.1, 0.15) is 19.4 Å². The van der Waals surface area contributed by atoms with Crippen LogP contribution >= 0.6 is 0 Å². The molecule has 0 aliphatic rings. The van der Waals surface area contributed by atoms with Gasteiger partial charge in [-0.1, -0.05) is 44.2 Å². The van der Waals surface area contributed by atoms with E-state index in [4.69, 9.17) is 0 Å². The Bertz CT molecular complexity index is 634. The lowest BCUT2D eigenvalue weighted by atomic mass is 10.1. The minimum Gasteiger partial charge on any atom is -0.326 e. The first-order valence-corrected chi connectivity index (χ1v) is 7.29. The zero-order valence-electron chi connectivity index (χ0n) is 12.8. The van der Waals surface area contributed by atoms with Gasteiger partial charge in [-0.05, 0) is 29.8 Å². The molecule has 0 heterocycles. The quantitative estimate of drug-likeness (QED) is 0.887. The Morgan fingerprint density at radius 2 is 1.41 bits per heavy atom. The van der Waals surface area contributed by atoms with E-state index in [0.717, 1.165) is 11.3 Å². The number of hydrogen-bond acceptors (Lipinski definition) is 2.